The van der Waals surface area contributed by atoms with E-state index in [1.165, 1.54) is 25.3 Å². The molecule has 0 saturated heterocycles. The molecule has 0 radical (unpaired) electrons. The summed E-state index contributed by atoms with van der Waals surface area (Å²) in [5, 5.41) is 18.6. The van der Waals surface area contributed by atoms with Crippen molar-refractivity contribution in [2.45, 2.75) is 18.9 Å². The molecule has 4 nitrogen and oxygen atoms in total. The van der Waals surface area contributed by atoms with Crippen LogP contribution in [0.1, 0.15) is 12.0 Å². The topological polar surface area (TPSA) is 66.8 Å². The predicted octanol–water partition coefficient (Wildman–Crippen LogP) is 1.47. The van der Waals surface area contributed by atoms with Gasteiger partial charge in [0.2, 0.25) is 0 Å². The van der Waals surface area contributed by atoms with E-state index >= 15 is 0 Å². The van der Waals surface area contributed by atoms with Gasteiger partial charge in [-0.2, -0.15) is 0 Å². The van der Waals surface area contributed by atoms with E-state index in [1.54, 1.807) is 6.07 Å². The summed E-state index contributed by atoms with van der Waals surface area (Å²) < 4.78 is 17.7. The first-order valence-electron chi connectivity index (χ1n) is 5.67. The first-order chi connectivity index (χ1) is 8.52. The van der Waals surface area contributed by atoms with Gasteiger partial charge in [-0.3, -0.25) is 4.79 Å². The van der Waals surface area contributed by atoms with Gasteiger partial charge in [0.05, 0.1) is 18.6 Å². The van der Waals surface area contributed by atoms with Crippen molar-refractivity contribution in [3.05, 3.63) is 35.6 Å². The van der Waals surface area contributed by atoms with Crippen molar-refractivity contribution < 1.29 is 24.1 Å². The molecule has 0 aliphatic carbocycles. The van der Waals surface area contributed by atoms with E-state index in [0.717, 1.165) is 0 Å². The number of methoxy groups -OCH3 is 1. The van der Waals surface area contributed by atoms with E-state index in [4.69, 9.17) is 9.84 Å². The molecule has 2 N–H and O–H groups in total. The van der Waals surface area contributed by atoms with Gasteiger partial charge in [0, 0.05) is 7.11 Å². The zero-order valence-electron chi connectivity index (χ0n) is 10.2. The number of hydrogen-bond donors (Lipinski definition) is 2. The van der Waals surface area contributed by atoms with Crippen LogP contribution in [0, 0.1) is 11.7 Å². The number of aliphatic carboxylic acids is 1. The number of ether oxygens (including phenoxy) is 1. The highest BCUT2D eigenvalue weighted by molar-refractivity contribution is 5.70. The molecule has 0 saturated carbocycles. The van der Waals surface area contributed by atoms with Gasteiger partial charge < -0.3 is 14.9 Å². The molecule has 0 spiro atoms. The van der Waals surface area contributed by atoms with Gasteiger partial charge in [-0.1, -0.05) is 12.1 Å². The molecular weight excluding hydrogens is 239 g/mol. The van der Waals surface area contributed by atoms with Crippen LogP contribution in [-0.4, -0.2) is 36.0 Å². The molecule has 5 heteroatoms. The summed E-state index contributed by atoms with van der Waals surface area (Å²) in [7, 11) is 1.44. The fourth-order valence-electron chi connectivity index (χ4n) is 1.81. The highest BCUT2D eigenvalue weighted by Crippen LogP contribution is 2.16. The second-order valence-corrected chi connectivity index (χ2v) is 4.21. The molecule has 0 fully saturated rings. The third-order valence-electron chi connectivity index (χ3n) is 2.64. The van der Waals surface area contributed by atoms with E-state index in [-0.39, 0.29) is 19.4 Å². The molecule has 0 aliphatic rings. The number of hydrogen-bond acceptors (Lipinski definition) is 3. The van der Waals surface area contributed by atoms with Gasteiger partial charge in [0.25, 0.3) is 0 Å². The molecular formula is C13H17FO4. The Kier molecular flexibility index (Phi) is 5.74. The SMILES string of the molecule is COCC(O)CC(Cc1cccc(F)c1)C(=O)O. The van der Waals surface area contributed by atoms with E-state index in [2.05, 4.69) is 0 Å². The van der Waals surface area contributed by atoms with Gasteiger partial charge in [0.15, 0.2) is 0 Å². The summed E-state index contributed by atoms with van der Waals surface area (Å²) in [6.45, 7) is 0.0902. The Hall–Kier alpha value is -1.46. The number of aliphatic hydroxyl groups excluding tert-OH is 1. The van der Waals surface area contributed by atoms with Gasteiger partial charge in [-0.15, -0.1) is 0 Å². The van der Waals surface area contributed by atoms with Crippen molar-refractivity contribution >= 4 is 5.97 Å². The number of rotatable bonds is 7. The lowest BCUT2D eigenvalue weighted by molar-refractivity contribution is -0.143. The van der Waals surface area contributed by atoms with Crippen LogP contribution in [0.25, 0.3) is 0 Å². The maximum Gasteiger partial charge on any atom is 0.306 e. The van der Waals surface area contributed by atoms with E-state index in [1.807, 2.05) is 0 Å². The minimum absolute atomic E-state index is 0.0830. The smallest absolute Gasteiger partial charge is 0.306 e. The predicted molar refractivity (Wildman–Crippen MR) is 63.7 cm³/mol. The van der Waals surface area contributed by atoms with Crippen LogP contribution in [0.2, 0.25) is 0 Å². The largest absolute Gasteiger partial charge is 0.481 e. The van der Waals surface area contributed by atoms with Crippen LogP contribution in [-0.2, 0) is 16.0 Å². The zero-order chi connectivity index (χ0) is 13.5. The summed E-state index contributed by atoms with van der Waals surface area (Å²) in [4.78, 5) is 11.1. The number of halogens is 1. The number of carboxylic acids is 1. The van der Waals surface area contributed by atoms with Gasteiger partial charge in [0.1, 0.15) is 5.82 Å². The number of carbonyl (C=O) groups is 1. The molecule has 2 unspecified atom stereocenters. The summed E-state index contributed by atoms with van der Waals surface area (Å²) in [6, 6.07) is 5.81. The van der Waals surface area contributed by atoms with Crippen molar-refractivity contribution in [1.82, 2.24) is 0 Å². The van der Waals surface area contributed by atoms with Crippen LogP contribution in [0.15, 0.2) is 24.3 Å². The first kappa shape index (κ1) is 14.6. The van der Waals surface area contributed by atoms with E-state index in [9.17, 15) is 14.3 Å². The second kappa shape index (κ2) is 7.08. The lowest BCUT2D eigenvalue weighted by Gasteiger charge is -2.16. The fraction of sp³-hybridized carbons (Fsp3) is 0.462. The molecule has 18 heavy (non-hydrogen) atoms. The highest BCUT2D eigenvalue weighted by atomic mass is 19.1. The average molecular weight is 256 g/mol. The third kappa shape index (κ3) is 4.81. The third-order valence-corrected chi connectivity index (χ3v) is 2.64. The lowest BCUT2D eigenvalue weighted by Crippen LogP contribution is -2.25. The Balaban J connectivity index is 2.66. The standard InChI is InChI=1S/C13H17FO4/c1-18-8-12(15)7-10(13(16)17)5-9-3-2-4-11(14)6-9/h2-4,6,10,12,15H,5,7-8H2,1H3,(H,16,17). The molecule has 0 amide bonds. The molecule has 0 bridgehead atoms. The van der Waals surface area contributed by atoms with Crippen molar-refractivity contribution in [2.24, 2.45) is 5.92 Å². The van der Waals surface area contributed by atoms with E-state index in [0.29, 0.717) is 5.56 Å². The molecule has 1 rings (SSSR count). The fourth-order valence-corrected chi connectivity index (χ4v) is 1.81. The number of aliphatic hydroxyl groups is 1. The molecule has 1 aromatic carbocycles. The van der Waals surface area contributed by atoms with E-state index < -0.39 is 23.8 Å². The lowest BCUT2D eigenvalue weighted by atomic mass is 9.94. The van der Waals surface area contributed by atoms with Gasteiger partial charge in [-0.05, 0) is 30.5 Å². The summed E-state index contributed by atoms with van der Waals surface area (Å²) in [5.74, 6) is -2.15. The van der Waals surface area contributed by atoms with Crippen molar-refractivity contribution in [2.75, 3.05) is 13.7 Å². The summed E-state index contributed by atoms with van der Waals surface area (Å²) in [6.07, 6.45) is -0.558. The van der Waals surface area contributed by atoms with Crippen molar-refractivity contribution in [1.29, 1.82) is 0 Å². The maximum absolute atomic E-state index is 13.0. The minimum Gasteiger partial charge on any atom is -0.481 e. The molecule has 1 aromatic rings. The van der Waals surface area contributed by atoms with Crippen molar-refractivity contribution in [3.63, 3.8) is 0 Å². The molecule has 0 heterocycles. The summed E-state index contributed by atoms with van der Waals surface area (Å²) in [5.41, 5.74) is 0.604. The quantitative estimate of drug-likeness (QED) is 0.775. The zero-order valence-corrected chi connectivity index (χ0v) is 10.2. The molecule has 2 atom stereocenters. The molecule has 0 aliphatic heterocycles. The van der Waals surface area contributed by atoms with Crippen LogP contribution >= 0.6 is 0 Å². The number of benzene rings is 1. The maximum atomic E-state index is 13.0. The Morgan fingerprint density at radius 3 is 2.78 bits per heavy atom. The van der Waals surface area contributed by atoms with Crippen LogP contribution in [0.5, 0.6) is 0 Å². The second-order valence-electron chi connectivity index (χ2n) is 4.21. The number of carboxylic acid groups (broad SMARTS) is 1. The first-order valence-corrected chi connectivity index (χ1v) is 5.67. The van der Waals surface area contributed by atoms with Gasteiger partial charge >= 0.3 is 5.97 Å². The Morgan fingerprint density at radius 1 is 1.50 bits per heavy atom. The van der Waals surface area contributed by atoms with Crippen LogP contribution < -0.4 is 0 Å². The monoisotopic (exact) mass is 256 g/mol. The average Bonchev–Trinajstić information content (AvgIpc) is 2.28. The Bertz CT molecular complexity index is 394. The van der Waals surface area contributed by atoms with Gasteiger partial charge in [-0.25, -0.2) is 4.39 Å². The van der Waals surface area contributed by atoms with Crippen LogP contribution in [0.3, 0.4) is 0 Å². The summed E-state index contributed by atoms with van der Waals surface area (Å²) >= 11 is 0. The van der Waals surface area contributed by atoms with Crippen LogP contribution in [0.4, 0.5) is 4.39 Å². The normalized spacial score (nSPS) is 14.2. The Morgan fingerprint density at radius 2 is 2.22 bits per heavy atom. The minimum atomic E-state index is -1.01. The van der Waals surface area contributed by atoms with Crippen molar-refractivity contribution in [3.8, 4) is 0 Å². The Labute approximate surface area is 105 Å². The molecule has 0 aromatic heterocycles. The highest BCUT2D eigenvalue weighted by Gasteiger charge is 2.22. The molecule has 100 valence electrons.